The summed E-state index contributed by atoms with van der Waals surface area (Å²) in [4.78, 5) is 22.2. The Morgan fingerprint density at radius 1 is 1.47 bits per heavy atom. The maximum atomic E-state index is 11.7. The zero-order valence-corrected chi connectivity index (χ0v) is 11.2. The van der Waals surface area contributed by atoms with Gasteiger partial charge in [-0.2, -0.15) is 0 Å². The number of nitrogens with one attached hydrogen (secondary N) is 1. The average Bonchev–Trinajstić information content (AvgIpc) is 2.61. The second-order valence-electron chi connectivity index (χ2n) is 4.34. The lowest BCUT2D eigenvalue weighted by Crippen LogP contribution is -2.43. The second-order valence-corrected chi connectivity index (χ2v) is 5.12. The Bertz CT molecular complexity index is 425. The van der Waals surface area contributed by atoms with Gasteiger partial charge < -0.3 is 14.8 Å². The minimum atomic E-state index is -0.881. The molecule has 1 aromatic heterocycles. The second kappa shape index (κ2) is 5.35. The predicted molar refractivity (Wildman–Crippen MR) is 64.8 cm³/mol. The molecule has 0 saturated carbocycles. The first-order valence-electron chi connectivity index (χ1n) is 5.10. The molecule has 0 aliphatic carbocycles. The molecule has 0 aliphatic rings. The summed E-state index contributed by atoms with van der Waals surface area (Å²) in [5.74, 6) is -1.04. The number of furan rings is 1. The summed E-state index contributed by atoms with van der Waals surface area (Å²) in [7, 11) is 0. The van der Waals surface area contributed by atoms with Crippen LogP contribution in [0.25, 0.3) is 0 Å². The summed E-state index contributed by atoms with van der Waals surface area (Å²) in [6.45, 7) is 3.54. The zero-order valence-electron chi connectivity index (χ0n) is 9.62. The van der Waals surface area contributed by atoms with Crippen molar-refractivity contribution in [3.05, 3.63) is 22.6 Å². The Balaban J connectivity index is 2.58. The van der Waals surface area contributed by atoms with E-state index >= 15 is 0 Å². The fourth-order valence-corrected chi connectivity index (χ4v) is 1.59. The quantitative estimate of drug-likeness (QED) is 0.875. The van der Waals surface area contributed by atoms with Crippen LogP contribution in [0, 0.1) is 0 Å². The largest absolute Gasteiger partial charge is 0.481 e. The molecule has 1 aromatic rings. The smallest absolute Gasteiger partial charge is 0.303 e. The molecule has 0 fully saturated rings. The van der Waals surface area contributed by atoms with E-state index in [-0.39, 0.29) is 18.1 Å². The van der Waals surface area contributed by atoms with Gasteiger partial charge in [0.25, 0.3) is 5.91 Å². The first-order valence-corrected chi connectivity index (χ1v) is 5.89. The van der Waals surface area contributed by atoms with Crippen LogP contribution in [0.2, 0.25) is 0 Å². The molecule has 1 rings (SSSR count). The van der Waals surface area contributed by atoms with E-state index in [0.717, 1.165) is 0 Å². The van der Waals surface area contributed by atoms with Gasteiger partial charge in [-0.15, -0.1) is 0 Å². The van der Waals surface area contributed by atoms with Gasteiger partial charge in [-0.3, -0.25) is 9.59 Å². The van der Waals surface area contributed by atoms with Crippen molar-refractivity contribution in [2.75, 3.05) is 0 Å². The van der Waals surface area contributed by atoms with Gasteiger partial charge in [-0.05, 0) is 48.3 Å². The lowest BCUT2D eigenvalue weighted by atomic mass is 9.98. The van der Waals surface area contributed by atoms with Crippen molar-refractivity contribution in [3.63, 3.8) is 0 Å². The van der Waals surface area contributed by atoms with E-state index in [1.807, 2.05) is 0 Å². The van der Waals surface area contributed by atoms with Crippen LogP contribution in [0.1, 0.15) is 37.2 Å². The molecule has 0 atom stereocenters. The van der Waals surface area contributed by atoms with Gasteiger partial charge in [0.1, 0.15) is 0 Å². The number of rotatable bonds is 5. The number of carbonyl (C=O) groups is 2. The van der Waals surface area contributed by atoms with E-state index in [1.54, 1.807) is 26.0 Å². The van der Waals surface area contributed by atoms with Crippen LogP contribution >= 0.6 is 15.9 Å². The summed E-state index contributed by atoms with van der Waals surface area (Å²) in [5.41, 5.74) is -0.589. The van der Waals surface area contributed by atoms with Gasteiger partial charge in [-0.1, -0.05) is 0 Å². The number of hydrogen-bond donors (Lipinski definition) is 2. The van der Waals surface area contributed by atoms with Gasteiger partial charge in [0.2, 0.25) is 0 Å². The minimum Gasteiger partial charge on any atom is -0.481 e. The van der Waals surface area contributed by atoms with Crippen molar-refractivity contribution in [3.8, 4) is 0 Å². The van der Waals surface area contributed by atoms with Gasteiger partial charge in [0, 0.05) is 12.0 Å². The third kappa shape index (κ3) is 4.60. The van der Waals surface area contributed by atoms with E-state index in [2.05, 4.69) is 21.2 Å². The van der Waals surface area contributed by atoms with Crippen molar-refractivity contribution >= 4 is 27.8 Å². The third-order valence-electron chi connectivity index (χ3n) is 2.21. The van der Waals surface area contributed by atoms with Crippen LogP contribution in [-0.4, -0.2) is 22.5 Å². The molecule has 0 radical (unpaired) electrons. The van der Waals surface area contributed by atoms with Gasteiger partial charge >= 0.3 is 5.97 Å². The van der Waals surface area contributed by atoms with Crippen molar-refractivity contribution in [1.29, 1.82) is 0 Å². The van der Waals surface area contributed by atoms with Crippen molar-refractivity contribution in [1.82, 2.24) is 5.32 Å². The standard InChI is InChI=1S/C11H14BrNO4/c1-11(2,6-5-9(14)15)13-10(16)7-3-4-8(12)17-7/h3-4H,5-6H2,1-2H3,(H,13,16)(H,14,15). The van der Waals surface area contributed by atoms with E-state index in [4.69, 9.17) is 9.52 Å². The van der Waals surface area contributed by atoms with Gasteiger partial charge in [0.15, 0.2) is 10.4 Å². The predicted octanol–water partition coefficient (Wildman–Crippen LogP) is 2.42. The van der Waals surface area contributed by atoms with Gasteiger partial charge in [-0.25, -0.2) is 0 Å². The number of carbonyl (C=O) groups excluding carboxylic acids is 1. The monoisotopic (exact) mass is 303 g/mol. The van der Waals surface area contributed by atoms with Crippen LogP contribution in [0.4, 0.5) is 0 Å². The molecule has 0 spiro atoms. The fourth-order valence-electron chi connectivity index (χ4n) is 1.29. The Kier molecular flexibility index (Phi) is 4.34. The van der Waals surface area contributed by atoms with Crippen LogP contribution in [0.3, 0.4) is 0 Å². The summed E-state index contributed by atoms with van der Waals surface area (Å²) in [6, 6.07) is 3.17. The summed E-state index contributed by atoms with van der Waals surface area (Å²) in [5, 5.41) is 11.3. The van der Waals surface area contributed by atoms with Crippen molar-refractivity contribution in [2.24, 2.45) is 0 Å². The van der Waals surface area contributed by atoms with Gasteiger partial charge in [0.05, 0.1) is 0 Å². The lowest BCUT2D eigenvalue weighted by molar-refractivity contribution is -0.137. The van der Waals surface area contributed by atoms with Crippen LogP contribution in [0.15, 0.2) is 21.2 Å². The van der Waals surface area contributed by atoms with E-state index < -0.39 is 11.5 Å². The molecule has 0 aromatic carbocycles. The fraction of sp³-hybridized carbons (Fsp3) is 0.455. The molecule has 0 unspecified atom stereocenters. The normalized spacial score (nSPS) is 11.2. The van der Waals surface area contributed by atoms with E-state index in [1.165, 1.54) is 0 Å². The SMILES string of the molecule is CC(C)(CCC(=O)O)NC(=O)c1ccc(Br)o1. The first kappa shape index (κ1) is 13.8. The summed E-state index contributed by atoms with van der Waals surface area (Å²) in [6.07, 6.45) is 0.366. The first-order chi connectivity index (χ1) is 7.80. The highest BCUT2D eigenvalue weighted by Gasteiger charge is 2.23. The Morgan fingerprint density at radius 3 is 2.59 bits per heavy atom. The highest BCUT2D eigenvalue weighted by Crippen LogP contribution is 2.16. The molecule has 1 heterocycles. The van der Waals surface area contributed by atoms with Crippen molar-refractivity contribution in [2.45, 2.75) is 32.2 Å². The molecule has 0 bridgehead atoms. The Labute approximate surface area is 107 Å². The zero-order chi connectivity index (χ0) is 13.1. The summed E-state index contributed by atoms with van der Waals surface area (Å²) < 4.78 is 5.58. The number of halogens is 1. The molecule has 0 saturated heterocycles. The molecule has 1 amide bonds. The molecule has 94 valence electrons. The maximum Gasteiger partial charge on any atom is 0.303 e. The molecule has 6 heteroatoms. The average molecular weight is 304 g/mol. The molecular weight excluding hydrogens is 290 g/mol. The molecular formula is C11H14BrNO4. The van der Waals surface area contributed by atoms with Crippen LogP contribution < -0.4 is 5.32 Å². The highest BCUT2D eigenvalue weighted by molar-refractivity contribution is 9.10. The molecule has 2 N–H and O–H groups in total. The lowest BCUT2D eigenvalue weighted by Gasteiger charge is -2.24. The van der Waals surface area contributed by atoms with Crippen LogP contribution in [0.5, 0.6) is 0 Å². The topological polar surface area (TPSA) is 79.5 Å². The highest BCUT2D eigenvalue weighted by atomic mass is 79.9. The van der Waals surface area contributed by atoms with Crippen LogP contribution in [-0.2, 0) is 4.79 Å². The molecule has 17 heavy (non-hydrogen) atoms. The molecule has 0 aliphatic heterocycles. The maximum absolute atomic E-state index is 11.7. The minimum absolute atomic E-state index is 0.00906. The van der Waals surface area contributed by atoms with E-state index in [0.29, 0.717) is 11.1 Å². The third-order valence-corrected chi connectivity index (χ3v) is 2.64. The number of aliphatic carboxylic acids is 1. The Morgan fingerprint density at radius 2 is 2.12 bits per heavy atom. The van der Waals surface area contributed by atoms with E-state index in [9.17, 15) is 9.59 Å². The summed E-state index contributed by atoms with van der Waals surface area (Å²) >= 11 is 3.11. The number of carboxylic acid groups (broad SMARTS) is 1. The van der Waals surface area contributed by atoms with Crippen molar-refractivity contribution < 1.29 is 19.1 Å². The Hall–Kier alpha value is -1.30. The number of carboxylic acids is 1. The molecule has 5 nitrogen and oxygen atoms in total. The number of hydrogen-bond acceptors (Lipinski definition) is 3. The number of amides is 1.